The molecule has 0 aliphatic heterocycles. The van der Waals surface area contributed by atoms with Gasteiger partial charge in [-0.25, -0.2) is 13.4 Å². The summed E-state index contributed by atoms with van der Waals surface area (Å²) in [5.74, 6) is -0.393. The highest BCUT2D eigenvalue weighted by molar-refractivity contribution is 7.93. The third-order valence-corrected chi connectivity index (χ3v) is 6.80. The second-order valence-electron chi connectivity index (χ2n) is 6.94. The van der Waals surface area contributed by atoms with Gasteiger partial charge in [-0.2, -0.15) is 0 Å². The summed E-state index contributed by atoms with van der Waals surface area (Å²) in [6, 6.07) is 12.7. The fourth-order valence-electron chi connectivity index (χ4n) is 3.08. The Labute approximate surface area is 187 Å². The molecule has 0 fully saturated rings. The summed E-state index contributed by atoms with van der Waals surface area (Å²) in [6.07, 6.45) is 6.61. The van der Waals surface area contributed by atoms with Gasteiger partial charge in [0.2, 0.25) is 0 Å². The molecule has 0 bridgehead atoms. The Morgan fingerprint density at radius 1 is 1.29 bits per heavy atom. The quantitative estimate of drug-likeness (QED) is 0.495. The Kier molecular flexibility index (Phi) is 7.14. The predicted molar refractivity (Wildman–Crippen MR) is 122 cm³/mol. The maximum Gasteiger partial charge on any atom is 0.266 e. The van der Waals surface area contributed by atoms with Crippen molar-refractivity contribution >= 4 is 33.2 Å². The van der Waals surface area contributed by atoms with E-state index in [-0.39, 0.29) is 28.1 Å². The van der Waals surface area contributed by atoms with Gasteiger partial charge in [-0.15, -0.1) is 6.58 Å². The average molecular weight is 459 g/mol. The normalized spacial score (nSPS) is 12.2. The van der Waals surface area contributed by atoms with E-state index in [0.717, 1.165) is 0 Å². The highest BCUT2D eigenvalue weighted by atomic mass is 35.5. The van der Waals surface area contributed by atoms with Crippen LogP contribution in [0.2, 0.25) is 5.02 Å². The third-order valence-electron chi connectivity index (χ3n) is 4.52. The van der Waals surface area contributed by atoms with Crippen LogP contribution in [0.15, 0.2) is 84.8 Å². The van der Waals surface area contributed by atoms with Gasteiger partial charge >= 0.3 is 0 Å². The summed E-state index contributed by atoms with van der Waals surface area (Å²) < 4.78 is 29.8. The molecular formula is C22H23ClN4O3S. The molecule has 0 saturated heterocycles. The number of anilines is 1. The minimum atomic E-state index is -4.03. The van der Waals surface area contributed by atoms with Crippen LogP contribution in [-0.2, 0) is 16.6 Å². The molecule has 1 heterocycles. The molecule has 1 amide bonds. The molecule has 1 N–H and O–H groups in total. The highest BCUT2D eigenvalue weighted by Crippen LogP contribution is 2.29. The number of hydrogen-bond donors (Lipinski definition) is 1. The van der Waals surface area contributed by atoms with Gasteiger partial charge in [0.25, 0.3) is 15.9 Å². The first-order chi connectivity index (χ1) is 14.8. The summed E-state index contributed by atoms with van der Waals surface area (Å²) in [5, 5.41) is 2.90. The SMILES string of the molecule is C=CCN(c1ccccc1)S(=O)(=O)c1cc(C(=O)NC(C)Cn2ccnc2)ccc1Cl. The Bertz CT molecular complexity index is 1150. The van der Waals surface area contributed by atoms with E-state index in [2.05, 4.69) is 16.9 Å². The number of amides is 1. The summed E-state index contributed by atoms with van der Waals surface area (Å²) >= 11 is 6.24. The molecule has 1 unspecified atom stereocenters. The molecule has 3 rings (SSSR count). The van der Waals surface area contributed by atoms with E-state index in [0.29, 0.717) is 12.2 Å². The number of sulfonamides is 1. The Morgan fingerprint density at radius 2 is 2.03 bits per heavy atom. The number of para-hydroxylation sites is 1. The van der Waals surface area contributed by atoms with Gasteiger partial charge in [-0.3, -0.25) is 9.10 Å². The van der Waals surface area contributed by atoms with Crippen molar-refractivity contribution in [1.82, 2.24) is 14.9 Å². The van der Waals surface area contributed by atoms with Gasteiger partial charge in [0, 0.05) is 30.5 Å². The fraction of sp³-hybridized carbons (Fsp3) is 0.182. The van der Waals surface area contributed by atoms with Crippen molar-refractivity contribution in [3.8, 4) is 0 Å². The summed E-state index contributed by atoms with van der Waals surface area (Å²) in [6.45, 7) is 6.10. The van der Waals surface area contributed by atoms with Crippen molar-refractivity contribution in [2.24, 2.45) is 0 Å². The van der Waals surface area contributed by atoms with E-state index in [9.17, 15) is 13.2 Å². The van der Waals surface area contributed by atoms with Crippen LogP contribution in [0.4, 0.5) is 5.69 Å². The largest absolute Gasteiger partial charge is 0.348 e. The lowest BCUT2D eigenvalue weighted by atomic mass is 10.2. The van der Waals surface area contributed by atoms with Crippen molar-refractivity contribution in [3.63, 3.8) is 0 Å². The minimum absolute atomic E-state index is 0.0352. The van der Waals surface area contributed by atoms with Crippen molar-refractivity contribution in [2.75, 3.05) is 10.8 Å². The van der Waals surface area contributed by atoms with Crippen LogP contribution >= 0.6 is 11.6 Å². The monoisotopic (exact) mass is 458 g/mol. The van der Waals surface area contributed by atoms with Crippen LogP contribution < -0.4 is 9.62 Å². The number of halogens is 1. The molecule has 9 heteroatoms. The molecule has 0 spiro atoms. The third kappa shape index (κ3) is 5.34. The van der Waals surface area contributed by atoms with Crippen molar-refractivity contribution in [1.29, 1.82) is 0 Å². The molecule has 0 aliphatic rings. The Balaban J connectivity index is 1.88. The number of nitrogens with one attached hydrogen (secondary N) is 1. The number of rotatable bonds is 9. The van der Waals surface area contributed by atoms with Crippen LogP contribution in [0.1, 0.15) is 17.3 Å². The molecular weight excluding hydrogens is 436 g/mol. The average Bonchev–Trinajstić information content (AvgIpc) is 3.25. The zero-order chi connectivity index (χ0) is 22.4. The summed E-state index contributed by atoms with van der Waals surface area (Å²) in [4.78, 5) is 16.6. The number of benzene rings is 2. The van der Waals surface area contributed by atoms with Gasteiger partial charge in [0.05, 0.1) is 23.6 Å². The number of nitrogens with zero attached hydrogens (tertiary/aromatic N) is 3. The number of aromatic nitrogens is 2. The highest BCUT2D eigenvalue weighted by Gasteiger charge is 2.27. The molecule has 31 heavy (non-hydrogen) atoms. The lowest BCUT2D eigenvalue weighted by Crippen LogP contribution is -2.36. The van der Waals surface area contributed by atoms with E-state index < -0.39 is 15.9 Å². The van der Waals surface area contributed by atoms with Gasteiger partial charge in [-0.05, 0) is 37.3 Å². The molecule has 3 aromatic rings. The lowest BCUT2D eigenvalue weighted by Gasteiger charge is -2.24. The van der Waals surface area contributed by atoms with E-state index in [1.165, 1.54) is 28.6 Å². The maximum atomic E-state index is 13.4. The molecule has 0 saturated carbocycles. The summed E-state index contributed by atoms with van der Waals surface area (Å²) in [7, 11) is -4.03. The smallest absolute Gasteiger partial charge is 0.266 e. The van der Waals surface area contributed by atoms with Gasteiger partial charge in [0.15, 0.2) is 0 Å². The first-order valence-electron chi connectivity index (χ1n) is 9.57. The van der Waals surface area contributed by atoms with Gasteiger partial charge < -0.3 is 9.88 Å². The molecule has 162 valence electrons. The van der Waals surface area contributed by atoms with Gasteiger partial charge in [-0.1, -0.05) is 35.9 Å². The van der Waals surface area contributed by atoms with E-state index in [4.69, 9.17) is 11.6 Å². The zero-order valence-electron chi connectivity index (χ0n) is 17.0. The van der Waals surface area contributed by atoms with Gasteiger partial charge in [0.1, 0.15) is 4.90 Å². The first-order valence-corrected chi connectivity index (χ1v) is 11.4. The van der Waals surface area contributed by atoms with Crippen molar-refractivity contribution in [3.05, 3.63) is 90.5 Å². The van der Waals surface area contributed by atoms with Crippen LogP contribution in [-0.4, -0.2) is 36.5 Å². The second-order valence-corrected chi connectivity index (χ2v) is 9.18. The van der Waals surface area contributed by atoms with Crippen molar-refractivity contribution in [2.45, 2.75) is 24.4 Å². The Hall–Kier alpha value is -3.10. The standard InChI is InChI=1S/C22H23ClN4O3S/c1-3-12-27(19-7-5-4-6-8-19)31(29,30)21-14-18(9-10-20(21)23)22(28)25-17(2)15-26-13-11-24-16-26/h3-11,13-14,16-17H,1,12,15H2,2H3,(H,25,28). The minimum Gasteiger partial charge on any atom is -0.348 e. The second kappa shape index (κ2) is 9.80. The topological polar surface area (TPSA) is 84.3 Å². The number of carbonyl (C=O) groups is 1. The van der Waals surface area contributed by atoms with E-state index >= 15 is 0 Å². The number of carbonyl (C=O) groups excluding carboxylic acids is 1. The predicted octanol–water partition coefficient (Wildman–Crippen LogP) is 3.74. The van der Waals surface area contributed by atoms with Crippen LogP contribution in [0.3, 0.4) is 0 Å². The molecule has 0 radical (unpaired) electrons. The zero-order valence-corrected chi connectivity index (χ0v) is 18.6. The molecule has 1 atom stereocenters. The fourth-order valence-corrected chi connectivity index (χ4v) is 5.02. The van der Waals surface area contributed by atoms with E-state index in [1.54, 1.807) is 49.1 Å². The molecule has 1 aromatic heterocycles. The summed E-state index contributed by atoms with van der Waals surface area (Å²) in [5.41, 5.74) is 0.675. The van der Waals surface area contributed by atoms with Crippen LogP contribution in [0.25, 0.3) is 0 Å². The Morgan fingerprint density at radius 3 is 2.68 bits per heavy atom. The lowest BCUT2D eigenvalue weighted by molar-refractivity contribution is 0.0936. The molecule has 2 aromatic carbocycles. The van der Waals surface area contributed by atoms with E-state index in [1.807, 2.05) is 11.5 Å². The number of imidazole rings is 1. The van der Waals surface area contributed by atoms with Crippen LogP contribution in [0.5, 0.6) is 0 Å². The number of hydrogen-bond acceptors (Lipinski definition) is 4. The van der Waals surface area contributed by atoms with Crippen LogP contribution in [0, 0.1) is 0 Å². The maximum absolute atomic E-state index is 13.4. The molecule has 0 aliphatic carbocycles. The first kappa shape index (κ1) is 22.6. The molecule has 7 nitrogen and oxygen atoms in total. The van der Waals surface area contributed by atoms with Crippen molar-refractivity contribution < 1.29 is 13.2 Å².